The molecule has 0 spiro atoms. The van der Waals surface area contributed by atoms with E-state index in [0.29, 0.717) is 24.5 Å². The number of rotatable bonds is 3. The van der Waals surface area contributed by atoms with Gasteiger partial charge in [0.1, 0.15) is 11.6 Å². The van der Waals surface area contributed by atoms with Gasteiger partial charge in [-0.3, -0.25) is 14.9 Å². The summed E-state index contributed by atoms with van der Waals surface area (Å²) in [6.45, 7) is 4.68. The third kappa shape index (κ3) is 3.26. The maximum absolute atomic E-state index is 12.7. The third-order valence-corrected chi connectivity index (χ3v) is 4.43. The van der Waals surface area contributed by atoms with Crippen LogP contribution in [-0.2, 0) is 0 Å². The Bertz CT molecular complexity index is 883. The fourth-order valence-corrected chi connectivity index (χ4v) is 3.01. The number of piperazine rings is 1. The lowest BCUT2D eigenvalue weighted by molar-refractivity contribution is 0.0746. The SMILES string of the molecule is Cc1nc(-c2ccc(C(=O)N3CCN(c4cnccn4)CC3)cc2)n[nH]1. The fraction of sp³-hybridized carbons (Fsp3) is 0.278. The summed E-state index contributed by atoms with van der Waals surface area (Å²) in [4.78, 5) is 29.5. The summed E-state index contributed by atoms with van der Waals surface area (Å²) >= 11 is 0. The first-order valence-electron chi connectivity index (χ1n) is 8.50. The molecule has 1 aliphatic rings. The normalized spacial score (nSPS) is 14.5. The molecule has 26 heavy (non-hydrogen) atoms. The van der Waals surface area contributed by atoms with Crippen molar-refractivity contribution < 1.29 is 4.79 Å². The number of carbonyl (C=O) groups is 1. The fourth-order valence-electron chi connectivity index (χ4n) is 3.01. The Morgan fingerprint density at radius 2 is 1.85 bits per heavy atom. The predicted octanol–water partition coefficient (Wildman–Crippen LogP) is 1.53. The highest BCUT2D eigenvalue weighted by molar-refractivity contribution is 5.94. The molecule has 1 saturated heterocycles. The van der Waals surface area contributed by atoms with Gasteiger partial charge >= 0.3 is 0 Å². The Morgan fingerprint density at radius 1 is 1.08 bits per heavy atom. The van der Waals surface area contributed by atoms with Crippen LogP contribution in [0.4, 0.5) is 5.82 Å². The summed E-state index contributed by atoms with van der Waals surface area (Å²) in [7, 11) is 0. The number of aromatic nitrogens is 5. The highest BCUT2D eigenvalue weighted by atomic mass is 16.2. The lowest BCUT2D eigenvalue weighted by Gasteiger charge is -2.35. The van der Waals surface area contributed by atoms with Crippen LogP contribution in [-0.4, -0.2) is 62.1 Å². The summed E-state index contributed by atoms with van der Waals surface area (Å²) in [5.41, 5.74) is 1.56. The summed E-state index contributed by atoms with van der Waals surface area (Å²) in [5, 5.41) is 6.96. The number of anilines is 1. The number of H-pyrrole nitrogens is 1. The molecule has 1 amide bonds. The maximum atomic E-state index is 12.7. The van der Waals surface area contributed by atoms with Gasteiger partial charge in [-0.05, 0) is 19.1 Å². The van der Waals surface area contributed by atoms with Gasteiger partial charge in [0.05, 0.1) is 6.20 Å². The van der Waals surface area contributed by atoms with Crippen LogP contribution in [0.3, 0.4) is 0 Å². The van der Waals surface area contributed by atoms with Crippen LogP contribution < -0.4 is 4.90 Å². The number of nitrogens with one attached hydrogen (secondary N) is 1. The van der Waals surface area contributed by atoms with E-state index in [2.05, 4.69) is 30.0 Å². The number of aromatic amines is 1. The minimum Gasteiger partial charge on any atom is -0.352 e. The van der Waals surface area contributed by atoms with Crippen molar-refractivity contribution in [3.63, 3.8) is 0 Å². The molecule has 0 radical (unpaired) electrons. The molecule has 4 rings (SSSR count). The molecule has 8 nitrogen and oxygen atoms in total. The van der Waals surface area contributed by atoms with Gasteiger partial charge in [-0.15, -0.1) is 0 Å². The molecule has 3 aromatic rings. The van der Waals surface area contributed by atoms with Crippen molar-refractivity contribution in [3.8, 4) is 11.4 Å². The van der Waals surface area contributed by atoms with Crippen molar-refractivity contribution in [1.29, 1.82) is 0 Å². The number of benzene rings is 1. The molecular weight excluding hydrogens is 330 g/mol. The van der Waals surface area contributed by atoms with Crippen LogP contribution in [0.5, 0.6) is 0 Å². The van der Waals surface area contributed by atoms with Crippen LogP contribution in [0.15, 0.2) is 42.9 Å². The Hall–Kier alpha value is -3.29. The van der Waals surface area contributed by atoms with Gasteiger partial charge in [-0.25, -0.2) is 9.97 Å². The molecule has 0 unspecified atom stereocenters. The maximum Gasteiger partial charge on any atom is 0.253 e. The molecule has 0 bridgehead atoms. The molecular formula is C18H19N7O. The highest BCUT2D eigenvalue weighted by Gasteiger charge is 2.23. The van der Waals surface area contributed by atoms with E-state index < -0.39 is 0 Å². The van der Waals surface area contributed by atoms with E-state index in [-0.39, 0.29) is 5.91 Å². The van der Waals surface area contributed by atoms with Gasteiger partial charge in [-0.1, -0.05) is 12.1 Å². The van der Waals surface area contributed by atoms with Crippen molar-refractivity contribution in [2.75, 3.05) is 31.1 Å². The van der Waals surface area contributed by atoms with Gasteiger partial charge in [0.2, 0.25) is 0 Å². The zero-order valence-corrected chi connectivity index (χ0v) is 14.5. The average molecular weight is 349 g/mol. The number of hydrogen-bond acceptors (Lipinski definition) is 6. The second-order valence-corrected chi connectivity index (χ2v) is 6.16. The molecule has 8 heteroatoms. The Balaban J connectivity index is 1.40. The van der Waals surface area contributed by atoms with E-state index in [1.807, 2.05) is 36.1 Å². The number of hydrogen-bond donors (Lipinski definition) is 1. The zero-order valence-electron chi connectivity index (χ0n) is 14.5. The van der Waals surface area contributed by atoms with Gasteiger partial charge in [-0.2, -0.15) is 5.10 Å². The molecule has 3 heterocycles. The second kappa shape index (κ2) is 6.91. The van der Waals surface area contributed by atoms with Gasteiger partial charge in [0.25, 0.3) is 5.91 Å². The first-order valence-corrected chi connectivity index (χ1v) is 8.50. The molecule has 2 aromatic heterocycles. The molecule has 0 aliphatic carbocycles. The standard InChI is InChI=1S/C18H19N7O/c1-13-21-17(23-22-13)14-2-4-15(5-3-14)18(26)25-10-8-24(9-11-25)16-12-19-6-7-20-16/h2-7,12H,8-11H2,1H3,(H,21,22,23). The molecule has 1 aliphatic heterocycles. The zero-order chi connectivity index (χ0) is 17.9. The number of carbonyl (C=O) groups excluding carboxylic acids is 1. The molecule has 0 saturated carbocycles. The quantitative estimate of drug-likeness (QED) is 0.771. The number of aryl methyl sites for hydroxylation is 1. The van der Waals surface area contributed by atoms with E-state index in [1.54, 1.807) is 18.6 Å². The summed E-state index contributed by atoms with van der Waals surface area (Å²) < 4.78 is 0. The topological polar surface area (TPSA) is 90.9 Å². The van der Waals surface area contributed by atoms with Crippen molar-refractivity contribution in [3.05, 3.63) is 54.2 Å². The third-order valence-electron chi connectivity index (χ3n) is 4.43. The van der Waals surface area contributed by atoms with Crippen molar-refractivity contribution in [1.82, 2.24) is 30.0 Å². The minimum atomic E-state index is 0.0431. The van der Waals surface area contributed by atoms with E-state index in [0.717, 1.165) is 30.3 Å². The van der Waals surface area contributed by atoms with Crippen LogP contribution in [0.1, 0.15) is 16.2 Å². The van der Waals surface area contributed by atoms with Crippen molar-refractivity contribution in [2.24, 2.45) is 0 Å². The Morgan fingerprint density at radius 3 is 2.46 bits per heavy atom. The Kier molecular flexibility index (Phi) is 4.30. The van der Waals surface area contributed by atoms with Gasteiger partial charge < -0.3 is 9.80 Å². The minimum absolute atomic E-state index is 0.0431. The molecule has 1 fully saturated rings. The van der Waals surface area contributed by atoms with Gasteiger partial charge in [0, 0.05) is 49.7 Å². The van der Waals surface area contributed by atoms with E-state index in [9.17, 15) is 4.79 Å². The van der Waals surface area contributed by atoms with Crippen LogP contribution in [0, 0.1) is 6.92 Å². The first kappa shape index (κ1) is 16.2. The van der Waals surface area contributed by atoms with E-state index in [1.165, 1.54) is 0 Å². The molecule has 0 atom stereocenters. The van der Waals surface area contributed by atoms with Crippen LogP contribution in [0.2, 0.25) is 0 Å². The largest absolute Gasteiger partial charge is 0.352 e. The highest BCUT2D eigenvalue weighted by Crippen LogP contribution is 2.18. The lowest BCUT2D eigenvalue weighted by Crippen LogP contribution is -2.49. The van der Waals surface area contributed by atoms with Crippen LogP contribution in [0.25, 0.3) is 11.4 Å². The number of amides is 1. The summed E-state index contributed by atoms with van der Waals surface area (Å²) in [6.07, 6.45) is 5.10. The average Bonchev–Trinajstić information content (AvgIpc) is 3.15. The molecule has 132 valence electrons. The predicted molar refractivity (Wildman–Crippen MR) is 96.7 cm³/mol. The lowest BCUT2D eigenvalue weighted by atomic mass is 10.1. The van der Waals surface area contributed by atoms with Crippen LogP contribution >= 0.6 is 0 Å². The second-order valence-electron chi connectivity index (χ2n) is 6.16. The van der Waals surface area contributed by atoms with E-state index >= 15 is 0 Å². The molecule has 1 N–H and O–H groups in total. The number of nitrogens with zero attached hydrogens (tertiary/aromatic N) is 6. The van der Waals surface area contributed by atoms with Crippen molar-refractivity contribution >= 4 is 11.7 Å². The Labute approximate surface area is 150 Å². The monoisotopic (exact) mass is 349 g/mol. The molecule has 1 aromatic carbocycles. The summed E-state index contributed by atoms with van der Waals surface area (Å²) in [6, 6.07) is 7.42. The summed E-state index contributed by atoms with van der Waals surface area (Å²) in [5.74, 6) is 2.30. The van der Waals surface area contributed by atoms with Crippen molar-refractivity contribution in [2.45, 2.75) is 6.92 Å². The first-order chi connectivity index (χ1) is 12.7. The van der Waals surface area contributed by atoms with Gasteiger partial charge in [0.15, 0.2) is 5.82 Å². The smallest absolute Gasteiger partial charge is 0.253 e. The van der Waals surface area contributed by atoms with E-state index in [4.69, 9.17) is 0 Å².